The maximum Gasteiger partial charge on any atom is 0.573 e. The average Bonchev–Trinajstić information content (AvgIpc) is 2.74. The van der Waals surface area contributed by atoms with Gasteiger partial charge >= 0.3 is 12.3 Å². The Morgan fingerprint density at radius 1 is 1.09 bits per heavy atom. The molecule has 11 heteroatoms. The first-order valence-electron chi connectivity index (χ1n) is 10.3. The average molecular weight is 508 g/mol. The monoisotopic (exact) mass is 507 g/mol. The van der Waals surface area contributed by atoms with Crippen molar-refractivity contribution in [3.8, 4) is 11.5 Å². The van der Waals surface area contributed by atoms with Crippen LogP contribution in [-0.4, -0.2) is 22.0 Å². The molecule has 3 rings (SSSR count). The van der Waals surface area contributed by atoms with Gasteiger partial charge in [0.25, 0.3) is 5.56 Å². The SMILES string of the molecule is O=C(O)C1CCC(CCn2c(COc3cccc(OC(F)(F)F)c3)c(Cl)cc(Cl)c2=O)CC1. The van der Waals surface area contributed by atoms with E-state index in [1.807, 2.05) is 0 Å². The van der Waals surface area contributed by atoms with Crippen LogP contribution < -0.4 is 15.0 Å². The van der Waals surface area contributed by atoms with E-state index in [0.29, 0.717) is 31.5 Å². The molecular weight excluding hydrogens is 486 g/mol. The largest absolute Gasteiger partial charge is 0.573 e. The molecule has 1 aliphatic carbocycles. The minimum Gasteiger partial charge on any atom is -0.487 e. The van der Waals surface area contributed by atoms with Crippen molar-refractivity contribution in [3.63, 3.8) is 0 Å². The molecule has 0 radical (unpaired) electrons. The van der Waals surface area contributed by atoms with Crippen LogP contribution >= 0.6 is 23.2 Å². The van der Waals surface area contributed by atoms with E-state index in [-0.39, 0.29) is 34.2 Å². The summed E-state index contributed by atoms with van der Waals surface area (Å²) in [6.45, 7) is 0.129. The number of benzene rings is 1. The lowest BCUT2D eigenvalue weighted by Crippen LogP contribution is -2.28. The van der Waals surface area contributed by atoms with Crippen LogP contribution in [0.4, 0.5) is 13.2 Å². The highest BCUT2D eigenvalue weighted by molar-refractivity contribution is 6.34. The number of aromatic nitrogens is 1. The van der Waals surface area contributed by atoms with E-state index >= 15 is 0 Å². The number of rotatable bonds is 8. The maximum atomic E-state index is 12.7. The van der Waals surface area contributed by atoms with E-state index < -0.39 is 23.6 Å². The van der Waals surface area contributed by atoms with Crippen molar-refractivity contribution < 1.29 is 32.5 Å². The number of hydrogen-bond acceptors (Lipinski definition) is 4. The van der Waals surface area contributed by atoms with Crippen molar-refractivity contribution in [2.24, 2.45) is 11.8 Å². The number of carboxylic acid groups (broad SMARTS) is 1. The summed E-state index contributed by atoms with van der Waals surface area (Å²) in [5.41, 5.74) is -0.111. The highest BCUT2D eigenvalue weighted by atomic mass is 35.5. The fourth-order valence-electron chi connectivity index (χ4n) is 3.94. The van der Waals surface area contributed by atoms with Gasteiger partial charge in [0.15, 0.2) is 0 Å². The first-order chi connectivity index (χ1) is 15.5. The van der Waals surface area contributed by atoms with Crippen molar-refractivity contribution in [2.75, 3.05) is 0 Å². The van der Waals surface area contributed by atoms with Crippen molar-refractivity contribution in [3.05, 3.63) is 56.4 Å². The quantitative estimate of drug-likeness (QED) is 0.480. The zero-order valence-corrected chi connectivity index (χ0v) is 18.9. The van der Waals surface area contributed by atoms with Gasteiger partial charge in [-0.1, -0.05) is 29.3 Å². The molecule has 0 bridgehead atoms. The molecule has 1 aromatic carbocycles. The number of pyridine rings is 1. The maximum absolute atomic E-state index is 12.7. The Morgan fingerprint density at radius 2 is 1.76 bits per heavy atom. The molecule has 33 heavy (non-hydrogen) atoms. The van der Waals surface area contributed by atoms with Crippen LogP contribution in [0.25, 0.3) is 0 Å². The van der Waals surface area contributed by atoms with Crippen LogP contribution in [0.15, 0.2) is 35.1 Å². The van der Waals surface area contributed by atoms with E-state index in [2.05, 4.69) is 4.74 Å². The summed E-state index contributed by atoms with van der Waals surface area (Å²) in [5.74, 6) is -1.18. The van der Waals surface area contributed by atoms with E-state index in [0.717, 1.165) is 25.0 Å². The lowest BCUT2D eigenvalue weighted by molar-refractivity contribution is -0.274. The standard InChI is InChI=1S/C22H22Cl2F3NO5/c23-17-11-18(24)20(29)28(9-8-13-4-6-14(7-5-13)21(30)31)19(17)12-32-15-2-1-3-16(10-15)33-22(25,26)27/h1-3,10-11,13-14H,4-9,12H2,(H,30,31). The third kappa shape index (κ3) is 7.04. The molecule has 2 aromatic rings. The Balaban J connectivity index is 1.71. The Labute approximate surface area is 197 Å². The molecule has 0 aliphatic heterocycles. The summed E-state index contributed by atoms with van der Waals surface area (Å²) in [6, 6.07) is 6.34. The van der Waals surface area contributed by atoms with E-state index in [4.69, 9.17) is 33.0 Å². The number of carboxylic acids is 1. The van der Waals surface area contributed by atoms with E-state index in [1.54, 1.807) is 0 Å². The zero-order valence-electron chi connectivity index (χ0n) is 17.4. The summed E-state index contributed by atoms with van der Waals surface area (Å²) in [4.78, 5) is 23.8. The van der Waals surface area contributed by atoms with Gasteiger partial charge in [-0.2, -0.15) is 0 Å². The fourth-order valence-corrected chi connectivity index (χ4v) is 4.48. The second-order valence-electron chi connectivity index (χ2n) is 7.90. The third-order valence-corrected chi connectivity index (χ3v) is 6.27. The molecule has 1 aromatic heterocycles. The number of halogens is 5. The second kappa shape index (κ2) is 10.7. The lowest BCUT2D eigenvalue weighted by Gasteiger charge is -2.26. The molecule has 0 atom stereocenters. The van der Waals surface area contributed by atoms with Gasteiger partial charge in [-0.25, -0.2) is 0 Å². The van der Waals surface area contributed by atoms with E-state index in [1.165, 1.54) is 22.8 Å². The molecular formula is C22H22Cl2F3NO5. The van der Waals surface area contributed by atoms with Crippen molar-refractivity contribution in [1.29, 1.82) is 0 Å². The van der Waals surface area contributed by atoms with Gasteiger partial charge in [0.1, 0.15) is 23.1 Å². The predicted molar refractivity (Wildman–Crippen MR) is 116 cm³/mol. The van der Waals surface area contributed by atoms with Gasteiger partial charge in [0.05, 0.1) is 16.6 Å². The zero-order chi connectivity index (χ0) is 24.2. The van der Waals surface area contributed by atoms with Crippen LogP contribution in [0, 0.1) is 11.8 Å². The smallest absolute Gasteiger partial charge is 0.487 e. The van der Waals surface area contributed by atoms with Gasteiger partial charge < -0.3 is 19.1 Å². The molecule has 0 amide bonds. The van der Waals surface area contributed by atoms with E-state index in [9.17, 15) is 22.8 Å². The van der Waals surface area contributed by atoms with Crippen molar-refractivity contribution in [2.45, 2.75) is 51.6 Å². The molecule has 1 fully saturated rings. The van der Waals surface area contributed by atoms with Gasteiger partial charge in [-0.3, -0.25) is 9.59 Å². The van der Waals surface area contributed by atoms with Gasteiger partial charge in [0, 0.05) is 12.6 Å². The van der Waals surface area contributed by atoms with Gasteiger partial charge in [-0.15, -0.1) is 13.2 Å². The minimum absolute atomic E-state index is 0.0566. The molecule has 0 unspecified atom stereocenters. The lowest BCUT2D eigenvalue weighted by atomic mass is 9.80. The molecule has 6 nitrogen and oxygen atoms in total. The Hall–Kier alpha value is -2.39. The first-order valence-corrected chi connectivity index (χ1v) is 11.1. The van der Waals surface area contributed by atoms with Crippen LogP contribution in [0.5, 0.6) is 11.5 Å². The number of carbonyl (C=O) groups is 1. The van der Waals surface area contributed by atoms with Gasteiger partial charge in [-0.05, 0) is 56.2 Å². The van der Waals surface area contributed by atoms with Crippen molar-refractivity contribution in [1.82, 2.24) is 4.57 Å². The summed E-state index contributed by atoms with van der Waals surface area (Å²) in [5, 5.41) is 9.27. The van der Waals surface area contributed by atoms with Gasteiger partial charge in [0.2, 0.25) is 0 Å². The normalized spacial score (nSPS) is 18.7. The summed E-state index contributed by atoms with van der Waals surface area (Å²) in [7, 11) is 0. The molecule has 180 valence electrons. The predicted octanol–water partition coefficient (Wildman–Crippen LogP) is 5.91. The number of nitrogens with zero attached hydrogens (tertiary/aromatic N) is 1. The topological polar surface area (TPSA) is 77.8 Å². The number of hydrogen-bond donors (Lipinski definition) is 1. The molecule has 1 N–H and O–H groups in total. The van der Waals surface area contributed by atoms with Crippen LogP contribution in [-0.2, 0) is 17.9 Å². The van der Waals surface area contributed by atoms with Crippen LogP contribution in [0.2, 0.25) is 10.0 Å². The van der Waals surface area contributed by atoms with Crippen molar-refractivity contribution >= 4 is 29.2 Å². The molecule has 1 aliphatic rings. The Kier molecular flexibility index (Phi) is 8.18. The summed E-state index contributed by atoms with van der Waals surface area (Å²) < 4.78 is 48.2. The summed E-state index contributed by atoms with van der Waals surface area (Å²) >= 11 is 12.3. The minimum atomic E-state index is -4.83. The Morgan fingerprint density at radius 3 is 2.39 bits per heavy atom. The molecule has 1 heterocycles. The molecule has 0 saturated heterocycles. The number of alkyl halides is 3. The third-order valence-electron chi connectivity index (χ3n) is 5.68. The summed E-state index contributed by atoms with van der Waals surface area (Å²) in [6.07, 6.45) is -1.52. The highest BCUT2D eigenvalue weighted by Gasteiger charge is 2.31. The number of aliphatic carboxylic acids is 1. The molecule has 0 spiro atoms. The second-order valence-corrected chi connectivity index (χ2v) is 8.71. The fraction of sp³-hybridized carbons (Fsp3) is 0.455. The highest BCUT2D eigenvalue weighted by Crippen LogP contribution is 2.32. The molecule has 1 saturated carbocycles. The van der Waals surface area contributed by atoms with Crippen LogP contribution in [0.1, 0.15) is 37.8 Å². The van der Waals surface area contributed by atoms with Crippen LogP contribution in [0.3, 0.4) is 0 Å². The Bertz CT molecular complexity index is 1050. The number of ether oxygens (including phenoxy) is 2. The first kappa shape index (κ1) is 25.2.